The van der Waals surface area contributed by atoms with Gasteiger partial charge in [-0.05, 0) is 13.0 Å². The Morgan fingerprint density at radius 2 is 2.15 bits per heavy atom. The van der Waals surface area contributed by atoms with Crippen molar-refractivity contribution in [3.05, 3.63) is 17.3 Å². The van der Waals surface area contributed by atoms with E-state index < -0.39 is 0 Å². The van der Waals surface area contributed by atoms with Crippen LogP contribution in [0.5, 0.6) is 0 Å². The molecule has 0 fully saturated rings. The maximum atomic E-state index is 5.57. The van der Waals surface area contributed by atoms with Crippen molar-refractivity contribution in [3.63, 3.8) is 0 Å². The molecular formula is C9H12N4. The van der Waals surface area contributed by atoms with Gasteiger partial charge in [0, 0.05) is 5.56 Å². The molecule has 0 aliphatic heterocycles. The fourth-order valence-electron chi connectivity index (χ4n) is 0.912. The molecule has 0 aromatic carbocycles. The second-order valence-electron chi connectivity index (χ2n) is 2.60. The molecule has 1 aromatic heterocycles. The largest absolute Gasteiger partial charge is 0.396 e. The van der Waals surface area contributed by atoms with Crippen LogP contribution in [-0.4, -0.2) is 11.5 Å². The van der Waals surface area contributed by atoms with Gasteiger partial charge in [-0.2, -0.15) is 0 Å². The molecule has 0 atom stereocenters. The van der Waals surface area contributed by atoms with Crippen LogP contribution in [-0.2, 0) is 0 Å². The van der Waals surface area contributed by atoms with Gasteiger partial charge in [-0.3, -0.25) is 0 Å². The van der Waals surface area contributed by atoms with Crippen LogP contribution in [0.2, 0.25) is 0 Å². The van der Waals surface area contributed by atoms with Gasteiger partial charge in [-0.1, -0.05) is 11.8 Å². The molecule has 1 aromatic rings. The molecule has 4 nitrogen and oxygen atoms in total. The molecule has 68 valence electrons. The van der Waals surface area contributed by atoms with Crippen LogP contribution in [0.25, 0.3) is 0 Å². The standard InChI is InChI=1S/C9H12N4/c1-6-7(3-2-4-10)5-8(11)9(12)13-6/h5H,4,10-11H2,1H3,(H2,12,13). The van der Waals surface area contributed by atoms with E-state index in [0.717, 1.165) is 11.3 Å². The molecule has 13 heavy (non-hydrogen) atoms. The van der Waals surface area contributed by atoms with Crippen LogP contribution in [0, 0.1) is 18.8 Å². The van der Waals surface area contributed by atoms with Gasteiger partial charge in [-0.25, -0.2) is 4.98 Å². The van der Waals surface area contributed by atoms with Crippen molar-refractivity contribution in [1.29, 1.82) is 0 Å². The zero-order valence-electron chi connectivity index (χ0n) is 7.46. The van der Waals surface area contributed by atoms with Crippen LogP contribution in [0.1, 0.15) is 11.3 Å². The van der Waals surface area contributed by atoms with Gasteiger partial charge in [-0.15, -0.1) is 0 Å². The number of pyridine rings is 1. The molecule has 0 unspecified atom stereocenters. The highest BCUT2D eigenvalue weighted by molar-refractivity contribution is 5.62. The van der Waals surface area contributed by atoms with E-state index in [1.807, 2.05) is 6.92 Å². The molecule has 0 bridgehead atoms. The first-order valence-electron chi connectivity index (χ1n) is 3.86. The average molecular weight is 176 g/mol. The number of hydrogen-bond acceptors (Lipinski definition) is 4. The van der Waals surface area contributed by atoms with Crippen LogP contribution in [0.3, 0.4) is 0 Å². The van der Waals surface area contributed by atoms with E-state index in [1.165, 1.54) is 0 Å². The summed E-state index contributed by atoms with van der Waals surface area (Å²) in [5, 5.41) is 0. The minimum atomic E-state index is 0.323. The molecule has 4 heteroatoms. The zero-order chi connectivity index (χ0) is 9.84. The van der Waals surface area contributed by atoms with E-state index in [0.29, 0.717) is 18.1 Å². The SMILES string of the molecule is Cc1nc(N)c(N)cc1C#CCN. The van der Waals surface area contributed by atoms with E-state index in [4.69, 9.17) is 17.2 Å². The molecule has 1 rings (SSSR count). The van der Waals surface area contributed by atoms with Gasteiger partial charge < -0.3 is 17.2 Å². The molecular weight excluding hydrogens is 164 g/mol. The van der Waals surface area contributed by atoms with Crippen LogP contribution >= 0.6 is 0 Å². The lowest BCUT2D eigenvalue weighted by Gasteiger charge is -2.02. The van der Waals surface area contributed by atoms with E-state index in [1.54, 1.807) is 6.07 Å². The monoisotopic (exact) mass is 176 g/mol. The van der Waals surface area contributed by atoms with Crippen LogP contribution in [0.15, 0.2) is 6.07 Å². The zero-order valence-corrected chi connectivity index (χ0v) is 7.46. The lowest BCUT2D eigenvalue weighted by atomic mass is 10.2. The summed E-state index contributed by atoms with van der Waals surface area (Å²) in [4.78, 5) is 4.04. The molecule has 0 amide bonds. The average Bonchev–Trinajstić information content (AvgIpc) is 2.09. The number of nitrogens with two attached hydrogens (primary N) is 3. The third-order valence-electron chi connectivity index (χ3n) is 1.60. The maximum Gasteiger partial charge on any atom is 0.146 e. The van der Waals surface area contributed by atoms with E-state index in [-0.39, 0.29) is 0 Å². The molecule has 0 aliphatic carbocycles. The quantitative estimate of drug-likeness (QED) is 0.480. The Hall–Kier alpha value is -1.73. The Bertz CT molecular complexity index is 373. The minimum absolute atomic E-state index is 0.323. The summed E-state index contributed by atoms with van der Waals surface area (Å²) in [6, 6.07) is 1.71. The molecule has 1 heterocycles. The van der Waals surface area contributed by atoms with Crippen molar-refractivity contribution >= 4 is 11.5 Å². The maximum absolute atomic E-state index is 5.57. The summed E-state index contributed by atoms with van der Waals surface area (Å²) in [6.07, 6.45) is 0. The first kappa shape index (κ1) is 9.36. The van der Waals surface area contributed by atoms with Gasteiger partial charge in [0.25, 0.3) is 0 Å². The Kier molecular flexibility index (Phi) is 2.72. The molecule has 0 radical (unpaired) electrons. The third kappa shape index (κ3) is 2.10. The van der Waals surface area contributed by atoms with Crippen LogP contribution in [0.4, 0.5) is 11.5 Å². The topological polar surface area (TPSA) is 90.9 Å². The summed E-state index contributed by atoms with van der Waals surface area (Å²) in [7, 11) is 0. The fraction of sp³-hybridized carbons (Fsp3) is 0.222. The third-order valence-corrected chi connectivity index (χ3v) is 1.60. The number of rotatable bonds is 0. The number of aryl methyl sites for hydroxylation is 1. The highest BCUT2D eigenvalue weighted by Crippen LogP contribution is 2.15. The van der Waals surface area contributed by atoms with Crippen molar-refractivity contribution < 1.29 is 0 Å². The van der Waals surface area contributed by atoms with E-state index in [2.05, 4.69) is 16.8 Å². The van der Waals surface area contributed by atoms with E-state index in [9.17, 15) is 0 Å². The molecule has 6 N–H and O–H groups in total. The Balaban J connectivity index is 3.16. The lowest BCUT2D eigenvalue weighted by molar-refractivity contribution is 1.20. The first-order valence-corrected chi connectivity index (χ1v) is 3.86. The molecule has 0 spiro atoms. The predicted octanol–water partition coefficient (Wildman–Crippen LogP) is -0.135. The Morgan fingerprint density at radius 3 is 2.77 bits per heavy atom. The lowest BCUT2D eigenvalue weighted by Crippen LogP contribution is -2.01. The first-order chi connectivity index (χ1) is 6.15. The summed E-state index contributed by atoms with van der Waals surface area (Å²) < 4.78 is 0. The van der Waals surface area contributed by atoms with Gasteiger partial charge in [0.1, 0.15) is 5.82 Å². The Labute approximate surface area is 77.1 Å². The summed E-state index contributed by atoms with van der Waals surface area (Å²) in [5.41, 5.74) is 18.3. The molecule has 0 aliphatic rings. The van der Waals surface area contributed by atoms with Crippen molar-refractivity contribution in [3.8, 4) is 11.8 Å². The number of anilines is 2. The van der Waals surface area contributed by atoms with Crippen molar-refractivity contribution in [2.45, 2.75) is 6.92 Å². The summed E-state index contributed by atoms with van der Waals surface area (Å²) >= 11 is 0. The summed E-state index contributed by atoms with van der Waals surface area (Å²) in [6.45, 7) is 2.15. The number of nitrogens with zero attached hydrogens (tertiary/aromatic N) is 1. The van der Waals surface area contributed by atoms with Gasteiger partial charge in [0.2, 0.25) is 0 Å². The van der Waals surface area contributed by atoms with Crippen molar-refractivity contribution in [1.82, 2.24) is 4.98 Å². The van der Waals surface area contributed by atoms with Crippen molar-refractivity contribution in [2.75, 3.05) is 18.0 Å². The highest BCUT2D eigenvalue weighted by Gasteiger charge is 2.01. The van der Waals surface area contributed by atoms with Crippen molar-refractivity contribution in [2.24, 2.45) is 5.73 Å². The highest BCUT2D eigenvalue weighted by atomic mass is 14.9. The molecule has 0 saturated carbocycles. The van der Waals surface area contributed by atoms with Crippen LogP contribution < -0.4 is 17.2 Å². The number of aromatic nitrogens is 1. The smallest absolute Gasteiger partial charge is 0.146 e. The number of hydrogen-bond donors (Lipinski definition) is 3. The molecule has 0 saturated heterocycles. The van der Waals surface area contributed by atoms with Gasteiger partial charge >= 0.3 is 0 Å². The Morgan fingerprint density at radius 1 is 1.46 bits per heavy atom. The van der Waals surface area contributed by atoms with Gasteiger partial charge in [0.15, 0.2) is 0 Å². The van der Waals surface area contributed by atoms with Gasteiger partial charge in [0.05, 0.1) is 17.9 Å². The number of nitrogen functional groups attached to an aromatic ring is 2. The minimum Gasteiger partial charge on any atom is -0.396 e. The second kappa shape index (κ2) is 3.78. The summed E-state index contributed by atoms with van der Waals surface area (Å²) in [5.74, 6) is 5.94. The fourth-order valence-corrected chi connectivity index (χ4v) is 0.912. The second-order valence-corrected chi connectivity index (χ2v) is 2.60. The normalized spacial score (nSPS) is 9.08. The predicted molar refractivity (Wildman–Crippen MR) is 53.7 cm³/mol. The van der Waals surface area contributed by atoms with E-state index >= 15 is 0 Å².